The van der Waals surface area contributed by atoms with E-state index in [1.807, 2.05) is 19.2 Å². The predicted octanol–water partition coefficient (Wildman–Crippen LogP) is 2.61. The Morgan fingerprint density at radius 3 is 2.74 bits per heavy atom. The van der Waals surface area contributed by atoms with Gasteiger partial charge in [0.1, 0.15) is 10.0 Å². The van der Waals surface area contributed by atoms with E-state index in [-0.39, 0.29) is 0 Å². The Labute approximate surface area is 118 Å². The number of pyridine rings is 1. The van der Waals surface area contributed by atoms with Gasteiger partial charge in [-0.3, -0.25) is 9.88 Å². The Morgan fingerprint density at radius 1 is 1.32 bits per heavy atom. The van der Waals surface area contributed by atoms with Crippen LogP contribution in [-0.4, -0.2) is 33.2 Å². The number of aryl methyl sites for hydroxylation is 2. The van der Waals surface area contributed by atoms with Gasteiger partial charge >= 0.3 is 0 Å². The van der Waals surface area contributed by atoms with Gasteiger partial charge in [-0.25, -0.2) is 0 Å². The summed E-state index contributed by atoms with van der Waals surface area (Å²) in [6.45, 7) is 7.17. The lowest BCUT2D eigenvalue weighted by atomic mass is 10.1. The van der Waals surface area contributed by atoms with Gasteiger partial charge in [0.15, 0.2) is 0 Å². The number of rotatable bonds is 5. The Hall–Kier alpha value is -1.33. The molecule has 0 aliphatic heterocycles. The van der Waals surface area contributed by atoms with Gasteiger partial charge in [-0.05, 0) is 39.4 Å². The molecule has 0 amide bonds. The molecule has 19 heavy (non-hydrogen) atoms. The molecule has 2 rings (SSSR count). The van der Waals surface area contributed by atoms with Gasteiger partial charge in [-0.2, -0.15) is 0 Å². The molecule has 0 saturated heterocycles. The van der Waals surface area contributed by atoms with E-state index in [1.165, 1.54) is 11.3 Å². The van der Waals surface area contributed by atoms with E-state index in [4.69, 9.17) is 0 Å². The van der Waals surface area contributed by atoms with E-state index in [0.29, 0.717) is 6.04 Å². The van der Waals surface area contributed by atoms with Gasteiger partial charge in [0.05, 0.1) is 6.54 Å². The molecule has 0 bridgehead atoms. The molecule has 2 heterocycles. The zero-order valence-electron chi connectivity index (χ0n) is 11.9. The third-order valence-corrected chi connectivity index (χ3v) is 4.14. The quantitative estimate of drug-likeness (QED) is 0.842. The third-order valence-electron chi connectivity index (χ3n) is 3.31. The van der Waals surface area contributed by atoms with Crippen LogP contribution in [0, 0.1) is 13.8 Å². The normalized spacial score (nSPS) is 12.9. The topological polar surface area (TPSA) is 41.9 Å². The summed E-state index contributed by atoms with van der Waals surface area (Å²) in [5.74, 6) is 0. The molecule has 0 aromatic carbocycles. The molecule has 2 aromatic heterocycles. The predicted molar refractivity (Wildman–Crippen MR) is 78.3 cm³/mol. The second kappa shape index (κ2) is 6.21. The first kappa shape index (κ1) is 14.1. The molecule has 4 nitrogen and oxygen atoms in total. The Kier molecular flexibility index (Phi) is 4.61. The molecule has 0 aliphatic carbocycles. The smallest absolute Gasteiger partial charge is 0.131 e. The van der Waals surface area contributed by atoms with Crippen molar-refractivity contribution in [1.29, 1.82) is 0 Å². The lowest BCUT2D eigenvalue weighted by Gasteiger charge is -2.23. The van der Waals surface area contributed by atoms with Crippen molar-refractivity contribution in [3.8, 4) is 0 Å². The minimum atomic E-state index is 0.429. The van der Waals surface area contributed by atoms with Crippen molar-refractivity contribution in [1.82, 2.24) is 20.1 Å². The van der Waals surface area contributed by atoms with E-state index in [9.17, 15) is 0 Å². The highest BCUT2D eigenvalue weighted by molar-refractivity contribution is 7.11. The number of aromatic nitrogens is 3. The van der Waals surface area contributed by atoms with Crippen LogP contribution >= 0.6 is 11.3 Å². The van der Waals surface area contributed by atoms with Crippen LogP contribution in [-0.2, 0) is 13.0 Å². The first-order valence-electron chi connectivity index (χ1n) is 6.46. The molecule has 1 atom stereocenters. The Bertz CT molecular complexity index is 538. The second-order valence-electron chi connectivity index (χ2n) is 4.95. The molecule has 5 heteroatoms. The summed E-state index contributed by atoms with van der Waals surface area (Å²) in [6.07, 6.45) is 2.82. The molecule has 0 N–H and O–H groups in total. The van der Waals surface area contributed by atoms with Gasteiger partial charge in [0.2, 0.25) is 0 Å². The van der Waals surface area contributed by atoms with Gasteiger partial charge in [0, 0.05) is 24.4 Å². The highest BCUT2D eigenvalue weighted by Crippen LogP contribution is 2.14. The summed E-state index contributed by atoms with van der Waals surface area (Å²) in [5, 5.41) is 10.3. The van der Waals surface area contributed by atoms with Crippen LogP contribution in [0.4, 0.5) is 0 Å². The first-order chi connectivity index (χ1) is 9.06. The number of likely N-dealkylation sites (N-methyl/N-ethyl adjacent to an activating group) is 1. The molecule has 0 saturated carbocycles. The fourth-order valence-electron chi connectivity index (χ4n) is 1.94. The van der Waals surface area contributed by atoms with E-state index in [1.54, 1.807) is 11.3 Å². The lowest BCUT2D eigenvalue weighted by Crippen LogP contribution is -2.30. The van der Waals surface area contributed by atoms with E-state index in [0.717, 1.165) is 23.0 Å². The zero-order valence-corrected chi connectivity index (χ0v) is 12.7. The van der Waals surface area contributed by atoms with E-state index < -0.39 is 0 Å². The van der Waals surface area contributed by atoms with Crippen LogP contribution < -0.4 is 0 Å². The zero-order chi connectivity index (χ0) is 13.8. The fraction of sp³-hybridized carbons (Fsp3) is 0.500. The second-order valence-corrected chi connectivity index (χ2v) is 6.22. The molecular weight excluding hydrogens is 256 g/mol. The number of nitrogens with zero attached hydrogens (tertiary/aromatic N) is 4. The lowest BCUT2D eigenvalue weighted by molar-refractivity contribution is 0.246. The summed E-state index contributed by atoms with van der Waals surface area (Å²) < 4.78 is 0. The van der Waals surface area contributed by atoms with Crippen molar-refractivity contribution in [3.63, 3.8) is 0 Å². The average Bonchev–Trinajstić information content (AvgIpc) is 2.77. The summed E-state index contributed by atoms with van der Waals surface area (Å²) in [4.78, 5) is 6.76. The SMILES string of the molecule is Cc1nnc(CN(C)C(C)Cc2ncccc2C)s1. The highest BCUT2D eigenvalue weighted by Gasteiger charge is 2.14. The molecule has 1 unspecified atom stereocenters. The van der Waals surface area contributed by atoms with Gasteiger partial charge in [-0.1, -0.05) is 6.07 Å². The van der Waals surface area contributed by atoms with Crippen molar-refractivity contribution in [2.45, 2.75) is 39.8 Å². The van der Waals surface area contributed by atoms with Crippen LogP contribution in [0.3, 0.4) is 0 Å². The van der Waals surface area contributed by atoms with Crippen LogP contribution in [0.2, 0.25) is 0 Å². The van der Waals surface area contributed by atoms with Crippen LogP contribution in [0.5, 0.6) is 0 Å². The van der Waals surface area contributed by atoms with Crippen LogP contribution in [0.15, 0.2) is 18.3 Å². The molecule has 102 valence electrons. The maximum absolute atomic E-state index is 4.46. The van der Waals surface area contributed by atoms with Gasteiger partial charge < -0.3 is 0 Å². The van der Waals surface area contributed by atoms with E-state index >= 15 is 0 Å². The number of hydrogen-bond donors (Lipinski definition) is 0. The molecule has 0 fully saturated rings. The number of hydrogen-bond acceptors (Lipinski definition) is 5. The van der Waals surface area contributed by atoms with Crippen molar-refractivity contribution in [2.24, 2.45) is 0 Å². The molecular formula is C14H20N4S. The van der Waals surface area contributed by atoms with Gasteiger partial charge in [-0.15, -0.1) is 21.5 Å². The van der Waals surface area contributed by atoms with Crippen molar-refractivity contribution >= 4 is 11.3 Å². The van der Waals surface area contributed by atoms with Crippen LogP contribution in [0.1, 0.15) is 28.2 Å². The summed E-state index contributed by atoms with van der Waals surface area (Å²) in [6, 6.07) is 4.53. The molecule has 0 radical (unpaired) electrons. The minimum Gasteiger partial charge on any atom is -0.297 e. The minimum absolute atomic E-state index is 0.429. The third kappa shape index (κ3) is 3.81. The van der Waals surface area contributed by atoms with Crippen LogP contribution in [0.25, 0.3) is 0 Å². The molecule has 0 spiro atoms. The summed E-state index contributed by atoms with van der Waals surface area (Å²) in [5.41, 5.74) is 2.44. The Balaban J connectivity index is 1.96. The Morgan fingerprint density at radius 2 is 2.11 bits per heavy atom. The van der Waals surface area contributed by atoms with Gasteiger partial charge in [0.25, 0.3) is 0 Å². The summed E-state index contributed by atoms with van der Waals surface area (Å²) >= 11 is 1.66. The molecule has 2 aromatic rings. The van der Waals surface area contributed by atoms with E-state index in [2.05, 4.69) is 47.0 Å². The van der Waals surface area contributed by atoms with Crippen molar-refractivity contribution < 1.29 is 0 Å². The fourth-order valence-corrected chi connectivity index (χ4v) is 2.71. The first-order valence-corrected chi connectivity index (χ1v) is 7.27. The summed E-state index contributed by atoms with van der Waals surface area (Å²) in [7, 11) is 2.12. The maximum atomic E-state index is 4.46. The standard InChI is InChI=1S/C14H20N4S/c1-10-6-5-7-15-13(10)8-11(2)18(4)9-14-17-16-12(3)19-14/h5-7,11H,8-9H2,1-4H3. The monoisotopic (exact) mass is 276 g/mol. The maximum Gasteiger partial charge on any atom is 0.131 e. The van der Waals surface area contributed by atoms with Crippen molar-refractivity contribution in [2.75, 3.05) is 7.05 Å². The largest absolute Gasteiger partial charge is 0.297 e. The highest BCUT2D eigenvalue weighted by atomic mass is 32.1. The average molecular weight is 276 g/mol. The van der Waals surface area contributed by atoms with Crippen molar-refractivity contribution in [3.05, 3.63) is 39.6 Å². The molecule has 0 aliphatic rings.